The second kappa shape index (κ2) is 5.54. The van der Waals surface area contributed by atoms with Crippen molar-refractivity contribution in [1.29, 1.82) is 0 Å². The fourth-order valence-corrected chi connectivity index (χ4v) is 0.110. The predicted molar refractivity (Wildman–Crippen MR) is 25.5 cm³/mol. The first-order valence-electron chi connectivity index (χ1n) is 1.63. The van der Waals surface area contributed by atoms with E-state index in [1.807, 2.05) is 11.8 Å². The summed E-state index contributed by atoms with van der Waals surface area (Å²) in [4.78, 5) is 0. The van der Waals surface area contributed by atoms with Gasteiger partial charge in [-0.2, -0.15) is 0 Å². The van der Waals surface area contributed by atoms with Gasteiger partial charge in [-0.15, -0.1) is 8.78 Å². The minimum Gasteiger partial charge on any atom is -0.143 e. The van der Waals surface area contributed by atoms with Crippen LogP contribution in [0, 0.1) is 36.0 Å². The van der Waals surface area contributed by atoms with Gasteiger partial charge in [0, 0.05) is 23.7 Å². The molecular formula is C6F2. The molecule has 0 bridgehead atoms. The van der Waals surface area contributed by atoms with Crippen LogP contribution in [-0.2, 0) is 0 Å². The van der Waals surface area contributed by atoms with Gasteiger partial charge < -0.3 is 0 Å². The molecule has 0 spiro atoms. The first kappa shape index (κ1) is 6.54. The normalized spacial score (nSPS) is 3.75. The molecule has 0 heterocycles. The SMILES string of the molecule is FC#CC#CC#CF. The van der Waals surface area contributed by atoms with Gasteiger partial charge in [0.25, 0.3) is 0 Å². The first-order chi connectivity index (χ1) is 3.91. The highest BCUT2D eigenvalue weighted by Gasteiger charge is 1.52. The van der Waals surface area contributed by atoms with Crippen LogP contribution in [-0.4, -0.2) is 0 Å². The molecule has 2 heteroatoms. The van der Waals surface area contributed by atoms with E-state index in [1.54, 1.807) is 11.8 Å². The average molecular weight is 110 g/mol. The van der Waals surface area contributed by atoms with Gasteiger partial charge in [-0.3, -0.25) is 0 Å². The van der Waals surface area contributed by atoms with Crippen LogP contribution in [0.1, 0.15) is 0 Å². The lowest BCUT2D eigenvalue weighted by Gasteiger charge is -1.48. The zero-order valence-corrected chi connectivity index (χ0v) is 3.76. The van der Waals surface area contributed by atoms with Crippen molar-refractivity contribution in [1.82, 2.24) is 0 Å². The molecule has 0 N–H and O–H groups in total. The molecule has 0 saturated carbocycles. The van der Waals surface area contributed by atoms with Gasteiger partial charge in [0.1, 0.15) is 12.3 Å². The molecule has 0 aliphatic rings. The molecule has 0 aliphatic carbocycles. The first-order valence-corrected chi connectivity index (χ1v) is 1.63. The Balaban J connectivity index is 3.75. The molecule has 0 aromatic carbocycles. The van der Waals surface area contributed by atoms with E-state index >= 15 is 0 Å². The van der Waals surface area contributed by atoms with E-state index in [4.69, 9.17) is 0 Å². The lowest BCUT2D eigenvalue weighted by atomic mass is 10.6. The third-order valence-corrected chi connectivity index (χ3v) is 0.282. The Hall–Kier alpha value is -1.46. The second-order valence-electron chi connectivity index (χ2n) is 0.689. The Morgan fingerprint density at radius 3 is 1.25 bits per heavy atom. The summed E-state index contributed by atoms with van der Waals surface area (Å²) in [6, 6.07) is 0. The summed E-state index contributed by atoms with van der Waals surface area (Å²) < 4.78 is 21.6. The molecule has 8 heavy (non-hydrogen) atoms. The van der Waals surface area contributed by atoms with Gasteiger partial charge in [0.15, 0.2) is 0 Å². The maximum absolute atomic E-state index is 10.8. The van der Waals surface area contributed by atoms with Crippen molar-refractivity contribution in [3.63, 3.8) is 0 Å². The van der Waals surface area contributed by atoms with Crippen LogP contribution in [0.2, 0.25) is 0 Å². The summed E-state index contributed by atoms with van der Waals surface area (Å²) in [5, 5.41) is 0. The van der Waals surface area contributed by atoms with Crippen LogP contribution in [0.5, 0.6) is 0 Å². The quantitative estimate of drug-likeness (QED) is 0.405. The van der Waals surface area contributed by atoms with Gasteiger partial charge in [-0.25, -0.2) is 0 Å². The number of halogens is 2. The van der Waals surface area contributed by atoms with Crippen molar-refractivity contribution in [3.8, 4) is 36.0 Å². The van der Waals surface area contributed by atoms with E-state index < -0.39 is 0 Å². The Kier molecular flexibility index (Phi) is 4.53. The zero-order valence-electron chi connectivity index (χ0n) is 3.76. The monoisotopic (exact) mass is 110 g/mol. The van der Waals surface area contributed by atoms with E-state index in [1.165, 1.54) is 0 Å². The molecule has 0 nitrogen and oxygen atoms in total. The molecule has 0 fully saturated rings. The molecule has 38 valence electrons. The summed E-state index contributed by atoms with van der Waals surface area (Å²) in [6.45, 7) is 0. The molecule has 0 unspecified atom stereocenters. The molecule has 0 rings (SSSR count). The van der Waals surface area contributed by atoms with E-state index in [0.717, 1.165) is 12.3 Å². The molecule has 0 aromatic heterocycles. The third kappa shape index (κ3) is 4.54. The minimum atomic E-state index is 1.01. The lowest BCUT2D eigenvalue weighted by Crippen LogP contribution is -1.47. The number of hydrogen-bond donors (Lipinski definition) is 0. The van der Waals surface area contributed by atoms with Crippen molar-refractivity contribution in [2.45, 2.75) is 0 Å². The van der Waals surface area contributed by atoms with Gasteiger partial charge in [0.05, 0.1) is 0 Å². The molecule has 0 amide bonds. The largest absolute Gasteiger partial charge is 0.143 e. The second-order valence-corrected chi connectivity index (χ2v) is 0.689. The maximum Gasteiger partial charge on any atom is 0.119 e. The van der Waals surface area contributed by atoms with Gasteiger partial charge in [-0.05, 0) is 0 Å². The molecule has 0 atom stereocenters. The molecule has 0 saturated heterocycles. The maximum atomic E-state index is 10.8. The van der Waals surface area contributed by atoms with Crippen LogP contribution < -0.4 is 0 Å². The van der Waals surface area contributed by atoms with E-state index in [-0.39, 0.29) is 0 Å². The summed E-state index contributed by atoms with van der Waals surface area (Å²) in [5.41, 5.74) is 0. The van der Waals surface area contributed by atoms with E-state index in [0.29, 0.717) is 0 Å². The van der Waals surface area contributed by atoms with E-state index in [9.17, 15) is 8.78 Å². The third-order valence-electron chi connectivity index (χ3n) is 0.282. The fraction of sp³-hybridized carbons (Fsp3) is 0. The highest BCUT2D eigenvalue weighted by molar-refractivity contribution is 5.33. The summed E-state index contributed by atoms with van der Waals surface area (Å²) in [6.07, 6.45) is 2.03. The smallest absolute Gasteiger partial charge is 0.119 e. The molecule has 0 aromatic rings. The fourth-order valence-electron chi connectivity index (χ4n) is 0.110. The predicted octanol–water partition coefficient (Wildman–Crippen LogP) is 0.851. The van der Waals surface area contributed by atoms with Crippen molar-refractivity contribution in [2.24, 2.45) is 0 Å². The summed E-state index contributed by atoms with van der Waals surface area (Å²) in [5.74, 6) is 7.34. The highest BCUT2D eigenvalue weighted by Crippen LogP contribution is 1.55. The van der Waals surface area contributed by atoms with Crippen molar-refractivity contribution in [2.75, 3.05) is 0 Å². The minimum absolute atomic E-state index is 1.01. The highest BCUT2D eigenvalue weighted by atomic mass is 19.1. The zero-order chi connectivity index (χ0) is 6.24. The standard InChI is InChI=1S/C6F2/c7-5-3-1-2-4-6-8. The van der Waals surface area contributed by atoms with Crippen molar-refractivity contribution >= 4 is 0 Å². The van der Waals surface area contributed by atoms with Gasteiger partial charge >= 0.3 is 0 Å². The average Bonchev–Trinajstić information content (AvgIpc) is 1.81. The van der Waals surface area contributed by atoms with Gasteiger partial charge in [0.2, 0.25) is 0 Å². The van der Waals surface area contributed by atoms with Crippen LogP contribution in [0.25, 0.3) is 0 Å². The van der Waals surface area contributed by atoms with Crippen LogP contribution in [0.15, 0.2) is 0 Å². The Morgan fingerprint density at radius 1 is 0.625 bits per heavy atom. The van der Waals surface area contributed by atoms with E-state index in [2.05, 4.69) is 0 Å². The Morgan fingerprint density at radius 2 is 1.00 bits per heavy atom. The Bertz CT molecular complexity index is 196. The van der Waals surface area contributed by atoms with Crippen LogP contribution >= 0.6 is 0 Å². The molecule has 0 aliphatic heterocycles. The lowest BCUT2D eigenvalue weighted by molar-refractivity contribution is 0.773. The topological polar surface area (TPSA) is 0 Å². The van der Waals surface area contributed by atoms with Crippen molar-refractivity contribution in [3.05, 3.63) is 0 Å². The van der Waals surface area contributed by atoms with Crippen LogP contribution in [0.3, 0.4) is 0 Å². The molecule has 0 radical (unpaired) electrons. The summed E-state index contributed by atoms with van der Waals surface area (Å²) >= 11 is 0. The summed E-state index contributed by atoms with van der Waals surface area (Å²) in [7, 11) is 0. The van der Waals surface area contributed by atoms with Gasteiger partial charge in [-0.1, -0.05) is 0 Å². The van der Waals surface area contributed by atoms with Crippen molar-refractivity contribution < 1.29 is 8.78 Å². The number of hydrogen-bond acceptors (Lipinski definition) is 0. The number of rotatable bonds is 0. The van der Waals surface area contributed by atoms with Crippen LogP contribution in [0.4, 0.5) is 8.78 Å². The molecular weight excluding hydrogens is 110 g/mol. The Labute approximate surface area is 45.9 Å².